The molecule has 4 nitrogen and oxygen atoms in total. The van der Waals surface area contributed by atoms with Gasteiger partial charge in [0.2, 0.25) is 0 Å². The lowest BCUT2D eigenvalue weighted by Crippen LogP contribution is -2.11. The zero-order valence-electron chi connectivity index (χ0n) is 11.4. The van der Waals surface area contributed by atoms with E-state index in [4.69, 9.17) is 5.26 Å². The van der Waals surface area contributed by atoms with Crippen LogP contribution >= 0.6 is 34.4 Å². The van der Waals surface area contributed by atoms with Crippen molar-refractivity contribution in [3.05, 3.63) is 27.6 Å². The van der Waals surface area contributed by atoms with Crippen molar-refractivity contribution in [1.29, 1.82) is 5.26 Å². The Morgan fingerprint density at radius 1 is 1.62 bits per heavy atom. The van der Waals surface area contributed by atoms with Crippen molar-refractivity contribution in [1.82, 2.24) is 4.98 Å². The van der Waals surface area contributed by atoms with Gasteiger partial charge in [0, 0.05) is 0 Å². The summed E-state index contributed by atoms with van der Waals surface area (Å²) >= 11 is 4.37. The molecule has 1 saturated carbocycles. The first-order valence-electron chi connectivity index (χ1n) is 6.55. The highest BCUT2D eigenvalue weighted by atomic mass is 32.2. The minimum absolute atomic E-state index is 0.0718. The number of carbonyl (C=O) groups is 1. The Labute approximate surface area is 135 Å². The van der Waals surface area contributed by atoms with Gasteiger partial charge in [-0.15, -0.1) is 11.3 Å². The Bertz CT molecular complexity index is 709. The number of rotatable bonds is 5. The van der Waals surface area contributed by atoms with Gasteiger partial charge in [-0.1, -0.05) is 23.1 Å². The number of hydrogen-bond donors (Lipinski definition) is 1. The van der Waals surface area contributed by atoms with Crippen molar-refractivity contribution in [3.8, 4) is 6.07 Å². The summed E-state index contributed by atoms with van der Waals surface area (Å²) in [7, 11) is 0. The number of hydrogen-bond acceptors (Lipinski definition) is 6. The Hall–Kier alpha value is -1.36. The molecule has 1 aliphatic carbocycles. The van der Waals surface area contributed by atoms with Crippen LogP contribution in [-0.4, -0.2) is 16.6 Å². The van der Waals surface area contributed by atoms with Gasteiger partial charge in [-0.3, -0.25) is 10.1 Å². The van der Waals surface area contributed by atoms with E-state index < -0.39 is 0 Å². The number of thiophene rings is 1. The number of carbonyl (C=O) groups excluding carboxylic acids is 1. The SMILES string of the molecule is Cc1nc(NC(=O)c2sccc2C2CC2)sc1SCC#N. The van der Waals surface area contributed by atoms with E-state index in [2.05, 4.69) is 22.4 Å². The Balaban J connectivity index is 1.72. The number of thiazole rings is 1. The second kappa shape index (κ2) is 6.18. The number of anilines is 1. The summed E-state index contributed by atoms with van der Waals surface area (Å²) in [4.78, 5) is 17.5. The van der Waals surface area contributed by atoms with E-state index in [0.717, 1.165) is 14.8 Å². The van der Waals surface area contributed by atoms with Gasteiger partial charge in [-0.25, -0.2) is 4.98 Å². The monoisotopic (exact) mass is 335 g/mol. The number of nitrogens with one attached hydrogen (secondary N) is 1. The van der Waals surface area contributed by atoms with Gasteiger partial charge in [-0.2, -0.15) is 5.26 Å². The molecule has 7 heteroatoms. The zero-order valence-corrected chi connectivity index (χ0v) is 13.8. The molecular formula is C14H13N3OS3. The zero-order chi connectivity index (χ0) is 14.8. The summed E-state index contributed by atoms with van der Waals surface area (Å²) in [6, 6.07) is 4.15. The average molecular weight is 335 g/mol. The van der Waals surface area contributed by atoms with Crippen molar-refractivity contribution < 1.29 is 4.79 Å². The number of aryl methyl sites for hydroxylation is 1. The Kier molecular flexibility index (Phi) is 4.29. The second-order valence-corrected chi connectivity index (χ2v) is 7.93. The average Bonchev–Trinajstić information content (AvgIpc) is 3.08. The quantitative estimate of drug-likeness (QED) is 0.829. The van der Waals surface area contributed by atoms with Crippen molar-refractivity contribution in [2.45, 2.75) is 29.9 Å². The first-order chi connectivity index (χ1) is 10.2. The minimum Gasteiger partial charge on any atom is -0.297 e. The standard InChI is InChI=1S/C14H13N3OS3/c1-8-13(20-7-5-15)21-14(16-8)17-12(18)11-10(4-6-19-11)9-2-3-9/h4,6,9H,2-3,7H2,1H3,(H,16,17,18). The molecule has 2 heterocycles. The van der Waals surface area contributed by atoms with Gasteiger partial charge in [0.25, 0.3) is 5.91 Å². The molecule has 2 aromatic rings. The number of nitrogens with zero attached hydrogens (tertiary/aromatic N) is 2. The number of nitriles is 1. The third-order valence-corrected chi connectivity index (χ3v) is 6.39. The van der Waals surface area contributed by atoms with Crippen LogP contribution in [0.1, 0.15) is 39.7 Å². The summed E-state index contributed by atoms with van der Waals surface area (Å²) in [6.45, 7) is 1.90. The molecule has 0 spiro atoms. The second-order valence-electron chi connectivity index (χ2n) is 4.77. The largest absolute Gasteiger partial charge is 0.297 e. The van der Waals surface area contributed by atoms with Crippen LogP contribution in [0.25, 0.3) is 0 Å². The molecule has 1 fully saturated rings. The molecule has 0 atom stereocenters. The Morgan fingerprint density at radius 2 is 2.43 bits per heavy atom. The molecule has 21 heavy (non-hydrogen) atoms. The fraction of sp³-hybridized carbons (Fsp3) is 0.357. The topological polar surface area (TPSA) is 65.8 Å². The number of aromatic nitrogens is 1. The van der Waals surface area contributed by atoms with Crippen LogP contribution in [-0.2, 0) is 0 Å². The van der Waals surface area contributed by atoms with Crippen LogP contribution < -0.4 is 5.32 Å². The van der Waals surface area contributed by atoms with Crippen molar-refractivity contribution in [2.75, 3.05) is 11.1 Å². The van der Waals surface area contributed by atoms with Crippen LogP contribution in [0.3, 0.4) is 0 Å². The molecule has 0 saturated heterocycles. The van der Waals surface area contributed by atoms with Gasteiger partial charge in [0.1, 0.15) is 0 Å². The highest BCUT2D eigenvalue weighted by molar-refractivity contribution is 8.01. The van der Waals surface area contributed by atoms with Crippen molar-refractivity contribution in [3.63, 3.8) is 0 Å². The van der Waals surface area contributed by atoms with Crippen molar-refractivity contribution >= 4 is 45.5 Å². The molecule has 1 amide bonds. The van der Waals surface area contributed by atoms with E-state index >= 15 is 0 Å². The molecule has 1 N–H and O–H groups in total. The van der Waals surface area contributed by atoms with Crippen molar-refractivity contribution in [2.24, 2.45) is 0 Å². The maximum Gasteiger partial charge on any atom is 0.267 e. The van der Waals surface area contributed by atoms with Crippen LogP contribution in [0.4, 0.5) is 5.13 Å². The predicted octanol–water partition coefficient (Wildman–Crippen LogP) is 4.26. The third kappa shape index (κ3) is 3.28. The molecule has 2 aromatic heterocycles. The lowest BCUT2D eigenvalue weighted by molar-refractivity contribution is 0.102. The minimum atomic E-state index is -0.0718. The van der Waals surface area contributed by atoms with Gasteiger partial charge in [0.05, 0.1) is 26.6 Å². The van der Waals surface area contributed by atoms with Gasteiger partial charge in [0.15, 0.2) is 5.13 Å². The van der Waals surface area contributed by atoms with Gasteiger partial charge >= 0.3 is 0 Å². The van der Waals surface area contributed by atoms with Crippen LogP contribution in [0.15, 0.2) is 15.7 Å². The molecule has 108 valence electrons. The molecule has 3 rings (SSSR count). The molecule has 1 aliphatic rings. The lowest BCUT2D eigenvalue weighted by atomic mass is 10.1. The van der Waals surface area contributed by atoms with E-state index in [1.807, 2.05) is 12.3 Å². The molecule has 0 radical (unpaired) electrons. The first-order valence-corrected chi connectivity index (χ1v) is 9.23. The van der Waals surface area contributed by atoms with Gasteiger partial charge in [-0.05, 0) is 42.7 Å². The summed E-state index contributed by atoms with van der Waals surface area (Å²) in [5.74, 6) is 0.891. The summed E-state index contributed by atoms with van der Waals surface area (Å²) in [5.41, 5.74) is 2.04. The maximum atomic E-state index is 12.4. The van der Waals surface area contributed by atoms with E-state index in [1.54, 1.807) is 0 Å². The summed E-state index contributed by atoms with van der Waals surface area (Å²) < 4.78 is 0.987. The first kappa shape index (κ1) is 14.6. The van der Waals surface area contributed by atoms with Crippen LogP contribution in [0.5, 0.6) is 0 Å². The third-order valence-electron chi connectivity index (χ3n) is 3.16. The summed E-state index contributed by atoms with van der Waals surface area (Å²) in [5, 5.41) is 14.1. The normalized spacial score (nSPS) is 13.9. The molecule has 0 aromatic carbocycles. The molecule has 0 aliphatic heterocycles. The predicted molar refractivity (Wildman–Crippen MR) is 87.4 cm³/mol. The summed E-state index contributed by atoms with van der Waals surface area (Å²) in [6.07, 6.45) is 2.37. The Morgan fingerprint density at radius 3 is 3.14 bits per heavy atom. The van der Waals surface area contributed by atoms with Gasteiger partial charge < -0.3 is 0 Å². The highest BCUT2D eigenvalue weighted by Gasteiger charge is 2.29. The molecule has 0 bridgehead atoms. The fourth-order valence-electron chi connectivity index (χ4n) is 2.04. The van der Waals surface area contributed by atoms with Crippen LogP contribution in [0, 0.1) is 18.3 Å². The van der Waals surface area contributed by atoms with E-state index in [1.165, 1.54) is 52.8 Å². The number of amides is 1. The fourth-order valence-corrected chi connectivity index (χ4v) is 4.72. The molecule has 0 unspecified atom stereocenters. The lowest BCUT2D eigenvalue weighted by Gasteiger charge is -2.02. The van der Waals surface area contributed by atoms with E-state index in [0.29, 0.717) is 16.8 Å². The highest BCUT2D eigenvalue weighted by Crippen LogP contribution is 2.43. The van der Waals surface area contributed by atoms with E-state index in [-0.39, 0.29) is 5.91 Å². The number of thioether (sulfide) groups is 1. The molecular weight excluding hydrogens is 322 g/mol. The maximum absolute atomic E-state index is 12.4. The van der Waals surface area contributed by atoms with E-state index in [9.17, 15) is 4.79 Å². The van der Waals surface area contributed by atoms with Crippen LogP contribution in [0.2, 0.25) is 0 Å². The smallest absolute Gasteiger partial charge is 0.267 e.